The highest BCUT2D eigenvalue weighted by Crippen LogP contribution is 2.00. The molecule has 0 bridgehead atoms. The van der Waals surface area contributed by atoms with Crippen LogP contribution in [0.25, 0.3) is 0 Å². The average Bonchev–Trinajstić information content (AvgIpc) is 2.33. The fourth-order valence-corrected chi connectivity index (χ4v) is 1.78. The summed E-state index contributed by atoms with van der Waals surface area (Å²) in [6.45, 7) is 0.149. The van der Waals surface area contributed by atoms with Crippen LogP contribution in [0, 0.1) is 0 Å². The zero-order chi connectivity index (χ0) is 14.5. The maximum absolute atomic E-state index is 11.6. The molecule has 0 saturated heterocycles. The maximum Gasteiger partial charge on any atom is 0.354 e. The lowest BCUT2D eigenvalue weighted by atomic mass is 10.2. The van der Waals surface area contributed by atoms with E-state index in [1.54, 1.807) is 0 Å². The van der Waals surface area contributed by atoms with Crippen molar-refractivity contribution in [3.8, 4) is 0 Å². The Kier molecular flexibility index (Phi) is 4.95. The molecule has 4 N–H and O–H groups in total. The van der Waals surface area contributed by atoms with E-state index in [0.29, 0.717) is 0 Å². The topological polar surface area (TPSA) is 139 Å². The molecule has 1 aromatic rings. The molecule has 1 amide bonds. The van der Waals surface area contributed by atoms with Crippen molar-refractivity contribution in [3.05, 3.63) is 29.6 Å². The van der Waals surface area contributed by atoms with Crippen LogP contribution in [-0.4, -0.2) is 42.7 Å². The minimum atomic E-state index is -3.53. The molecule has 0 radical (unpaired) electrons. The van der Waals surface area contributed by atoms with Crippen molar-refractivity contribution in [1.82, 2.24) is 10.3 Å². The number of hydrogen-bond acceptors (Lipinski definition) is 5. The molecule has 9 heteroatoms. The van der Waals surface area contributed by atoms with Gasteiger partial charge in [0.05, 0.1) is 11.3 Å². The van der Waals surface area contributed by atoms with Gasteiger partial charge in [0.15, 0.2) is 0 Å². The predicted molar refractivity (Wildman–Crippen MR) is 66.1 cm³/mol. The number of aromatic carboxylic acids is 1. The van der Waals surface area contributed by atoms with Gasteiger partial charge in [-0.2, -0.15) is 0 Å². The molecule has 0 aliphatic rings. The molecular formula is C10H13N3O5S. The normalized spacial score (nSPS) is 11.0. The van der Waals surface area contributed by atoms with Gasteiger partial charge in [0.2, 0.25) is 10.0 Å². The fourth-order valence-electron chi connectivity index (χ4n) is 1.23. The van der Waals surface area contributed by atoms with Crippen molar-refractivity contribution in [2.75, 3.05) is 12.3 Å². The van der Waals surface area contributed by atoms with E-state index in [1.807, 2.05) is 0 Å². The average molecular weight is 287 g/mol. The van der Waals surface area contributed by atoms with Crippen molar-refractivity contribution in [1.29, 1.82) is 0 Å². The molecule has 0 aliphatic heterocycles. The van der Waals surface area contributed by atoms with E-state index in [-0.39, 0.29) is 30.0 Å². The van der Waals surface area contributed by atoms with E-state index >= 15 is 0 Å². The van der Waals surface area contributed by atoms with Gasteiger partial charge in [0.1, 0.15) is 5.69 Å². The van der Waals surface area contributed by atoms with Crippen molar-refractivity contribution < 1.29 is 23.1 Å². The number of carboxylic acid groups (broad SMARTS) is 1. The second-order valence-corrected chi connectivity index (χ2v) is 5.45. The largest absolute Gasteiger partial charge is 0.477 e. The minimum absolute atomic E-state index is 0.149. The molecule has 0 fully saturated rings. The number of nitrogens with zero attached hydrogens (tertiary/aromatic N) is 1. The Labute approximate surface area is 109 Å². The van der Waals surface area contributed by atoms with Gasteiger partial charge in [-0.1, -0.05) is 0 Å². The fraction of sp³-hybridized carbons (Fsp3) is 0.300. The van der Waals surface area contributed by atoms with Gasteiger partial charge >= 0.3 is 5.97 Å². The Bertz CT molecular complexity index is 567. The lowest BCUT2D eigenvalue weighted by molar-refractivity contribution is 0.0689. The standard InChI is InChI=1S/C10H13N3O5S/c11-19(17,18)5-1-4-12-9(14)7-2-3-8(10(15)16)13-6-7/h2-3,6H,1,4-5H2,(H,12,14)(H,15,16)(H2,11,17,18). The number of nitrogens with one attached hydrogen (secondary N) is 1. The van der Waals surface area contributed by atoms with Gasteiger partial charge in [-0.05, 0) is 18.6 Å². The second-order valence-electron chi connectivity index (χ2n) is 3.71. The summed E-state index contributed by atoms with van der Waals surface area (Å²) in [4.78, 5) is 25.7. The summed E-state index contributed by atoms with van der Waals surface area (Å²) in [7, 11) is -3.53. The van der Waals surface area contributed by atoms with Crippen LogP contribution < -0.4 is 10.5 Å². The number of primary sulfonamides is 1. The molecule has 19 heavy (non-hydrogen) atoms. The minimum Gasteiger partial charge on any atom is -0.477 e. The Morgan fingerprint density at radius 2 is 2.05 bits per heavy atom. The predicted octanol–water partition coefficient (Wildman–Crippen LogP) is -0.812. The zero-order valence-corrected chi connectivity index (χ0v) is 10.7. The van der Waals surface area contributed by atoms with Crippen LogP contribution in [0.3, 0.4) is 0 Å². The Morgan fingerprint density at radius 1 is 1.37 bits per heavy atom. The van der Waals surface area contributed by atoms with Crippen LogP contribution in [0.15, 0.2) is 18.3 Å². The second kappa shape index (κ2) is 6.25. The summed E-state index contributed by atoms with van der Waals surface area (Å²) in [5.74, 6) is -1.86. The van der Waals surface area contributed by atoms with Crippen LogP contribution in [0.4, 0.5) is 0 Å². The molecule has 0 spiro atoms. The van der Waals surface area contributed by atoms with Gasteiger partial charge in [-0.15, -0.1) is 0 Å². The van der Waals surface area contributed by atoms with Gasteiger partial charge in [0.25, 0.3) is 5.91 Å². The SMILES string of the molecule is NS(=O)(=O)CCCNC(=O)c1ccc(C(=O)O)nc1. The Morgan fingerprint density at radius 3 is 2.53 bits per heavy atom. The molecule has 1 heterocycles. The van der Waals surface area contributed by atoms with Gasteiger partial charge in [-0.25, -0.2) is 23.3 Å². The summed E-state index contributed by atoms with van der Waals surface area (Å²) < 4.78 is 21.3. The van der Waals surface area contributed by atoms with Gasteiger partial charge in [0, 0.05) is 12.7 Å². The number of amides is 1. The molecule has 0 unspecified atom stereocenters. The third-order valence-electron chi connectivity index (χ3n) is 2.14. The van der Waals surface area contributed by atoms with E-state index in [2.05, 4.69) is 10.3 Å². The van der Waals surface area contributed by atoms with Crippen LogP contribution in [0.1, 0.15) is 27.3 Å². The molecule has 1 aromatic heterocycles. The first-order chi connectivity index (χ1) is 8.79. The van der Waals surface area contributed by atoms with Crippen molar-refractivity contribution in [3.63, 3.8) is 0 Å². The summed E-state index contributed by atoms with van der Waals surface area (Å²) in [6.07, 6.45) is 1.34. The van der Waals surface area contributed by atoms with E-state index in [4.69, 9.17) is 10.2 Å². The van der Waals surface area contributed by atoms with Crippen LogP contribution in [-0.2, 0) is 10.0 Å². The molecule has 0 saturated carbocycles. The smallest absolute Gasteiger partial charge is 0.354 e. The quantitative estimate of drug-likeness (QED) is 0.584. The van der Waals surface area contributed by atoms with Crippen LogP contribution in [0.2, 0.25) is 0 Å². The van der Waals surface area contributed by atoms with Crippen LogP contribution in [0.5, 0.6) is 0 Å². The molecule has 8 nitrogen and oxygen atoms in total. The Balaban J connectivity index is 2.48. The number of carbonyl (C=O) groups excluding carboxylic acids is 1. The van der Waals surface area contributed by atoms with Crippen LogP contribution >= 0.6 is 0 Å². The molecule has 0 aromatic carbocycles. The van der Waals surface area contributed by atoms with E-state index in [1.165, 1.54) is 12.1 Å². The number of sulfonamides is 1. The molecule has 104 valence electrons. The maximum atomic E-state index is 11.6. The number of nitrogens with two attached hydrogens (primary N) is 1. The highest BCUT2D eigenvalue weighted by molar-refractivity contribution is 7.89. The summed E-state index contributed by atoms with van der Waals surface area (Å²) in [5, 5.41) is 15.9. The first-order valence-corrected chi connectivity index (χ1v) is 6.99. The highest BCUT2D eigenvalue weighted by Gasteiger charge is 2.09. The lowest BCUT2D eigenvalue weighted by Crippen LogP contribution is -2.27. The van der Waals surface area contributed by atoms with E-state index < -0.39 is 21.9 Å². The first-order valence-electron chi connectivity index (χ1n) is 5.27. The monoisotopic (exact) mass is 287 g/mol. The summed E-state index contributed by atoms with van der Waals surface area (Å²) in [5.41, 5.74) is 0.0337. The highest BCUT2D eigenvalue weighted by atomic mass is 32.2. The third kappa shape index (κ3) is 5.44. The third-order valence-corrected chi connectivity index (χ3v) is 2.99. The van der Waals surface area contributed by atoms with Gasteiger partial charge in [-0.3, -0.25) is 4.79 Å². The number of carboxylic acids is 1. The van der Waals surface area contributed by atoms with E-state index in [9.17, 15) is 18.0 Å². The van der Waals surface area contributed by atoms with Crippen molar-refractivity contribution in [2.24, 2.45) is 5.14 Å². The summed E-state index contributed by atoms with van der Waals surface area (Å²) in [6, 6.07) is 2.53. The Hall–Kier alpha value is -2.00. The first kappa shape index (κ1) is 15.1. The lowest BCUT2D eigenvalue weighted by Gasteiger charge is -2.04. The molecule has 1 rings (SSSR count). The van der Waals surface area contributed by atoms with Crippen molar-refractivity contribution in [2.45, 2.75) is 6.42 Å². The number of pyridine rings is 1. The van der Waals surface area contributed by atoms with E-state index in [0.717, 1.165) is 6.20 Å². The summed E-state index contributed by atoms with van der Waals surface area (Å²) >= 11 is 0. The van der Waals surface area contributed by atoms with Crippen molar-refractivity contribution >= 4 is 21.9 Å². The van der Waals surface area contributed by atoms with Gasteiger partial charge < -0.3 is 10.4 Å². The molecule has 0 atom stereocenters. The molecule has 0 aliphatic carbocycles. The molecular weight excluding hydrogens is 274 g/mol. The number of aromatic nitrogens is 1. The zero-order valence-electron chi connectivity index (χ0n) is 9.87. The number of rotatable bonds is 6. The number of hydrogen-bond donors (Lipinski definition) is 3. The number of carbonyl (C=O) groups is 2.